The molecule has 2 aromatic carbocycles. The summed E-state index contributed by atoms with van der Waals surface area (Å²) >= 11 is 0. The highest BCUT2D eigenvalue weighted by molar-refractivity contribution is 5.92. The van der Waals surface area contributed by atoms with E-state index in [-0.39, 0.29) is 18.1 Å². The van der Waals surface area contributed by atoms with Gasteiger partial charge in [0.2, 0.25) is 0 Å². The number of pyridine rings is 1. The van der Waals surface area contributed by atoms with Crippen LogP contribution in [-0.2, 0) is 9.53 Å². The van der Waals surface area contributed by atoms with Crippen LogP contribution in [0.3, 0.4) is 0 Å². The number of ether oxygens (including phenoxy) is 4. The van der Waals surface area contributed by atoms with Gasteiger partial charge in [-0.25, -0.2) is 9.78 Å². The molecule has 2 aromatic heterocycles. The van der Waals surface area contributed by atoms with Gasteiger partial charge in [-0.1, -0.05) is 18.2 Å². The van der Waals surface area contributed by atoms with Crippen molar-refractivity contribution in [3.8, 4) is 28.5 Å². The number of fused-ring (bicyclic) bond motifs is 1. The number of methoxy groups -OCH3 is 2. The molecular formula is C27H27N3O6. The van der Waals surface area contributed by atoms with Crippen molar-refractivity contribution in [2.45, 2.75) is 13.8 Å². The molecule has 0 amide bonds. The third kappa shape index (κ3) is 5.25. The van der Waals surface area contributed by atoms with Gasteiger partial charge in [0, 0.05) is 17.3 Å². The van der Waals surface area contributed by atoms with E-state index < -0.39 is 5.97 Å². The van der Waals surface area contributed by atoms with E-state index in [1.807, 2.05) is 35.6 Å². The van der Waals surface area contributed by atoms with Gasteiger partial charge in [-0.3, -0.25) is 9.20 Å². The van der Waals surface area contributed by atoms with Crippen molar-refractivity contribution in [3.05, 3.63) is 71.9 Å². The maximum atomic E-state index is 12.9. The number of anilines is 1. The minimum atomic E-state index is -0.559. The smallest absolute Gasteiger partial charge is 0.343 e. The van der Waals surface area contributed by atoms with Crippen molar-refractivity contribution in [1.29, 1.82) is 0 Å². The summed E-state index contributed by atoms with van der Waals surface area (Å²) in [5.74, 6) is 1.00. The molecule has 4 rings (SSSR count). The Morgan fingerprint density at radius 3 is 2.36 bits per heavy atom. The van der Waals surface area contributed by atoms with Gasteiger partial charge in [0.25, 0.3) is 0 Å². The van der Waals surface area contributed by atoms with Gasteiger partial charge in [0.15, 0.2) is 0 Å². The first kappa shape index (κ1) is 24.6. The quantitative estimate of drug-likeness (QED) is 0.271. The Balaban J connectivity index is 1.67. The zero-order valence-corrected chi connectivity index (χ0v) is 20.5. The van der Waals surface area contributed by atoms with Gasteiger partial charge in [-0.05, 0) is 50.2 Å². The molecule has 0 unspecified atom stereocenters. The molecule has 2 heterocycles. The molecule has 0 saturated carbocycles. The zero-order chi connectivity index (χ0) is 25.7. The standard InChI is InChI=1S/C27H27N3O6/c1-5-35-24(31)16-28-26-25(29-23-11-6-8-17(2)30(23)26)18-9-7-10-20(12-18)36-27(32)19-13-21(33-3)15-22(14-19)34-4/h6-15,28H,5,16H2,1-4H3. The van der Waals surface area contributed by atoms with Crippen LogP contribution in [0.4, 0.5) is 5.82 Å². The van der Waals surface area contributed by atoms with Crippen molar-refractivity contribution in [2.24, 2.45) is 0 Å². The lowest BCUT2D eigenvalue weighted by Gasteiger charge is -2.11. The minimum absolute atomic E-state index is 0.0185. The number of aryl methyl sites for hydroxylation is 1. The minimum Gasteiger partial charge on any atom is -0.497 e. The lowest BCUT2D eigenvalue weighted by molar-refractivity contribution is -0.140. The Kier molecular flexibility index (Phi) is 7.39. The number of hydrogen-bond acceptors (Lipinski definition) is 8. The van der Waals surface area contributed by atoms with Crippen LogP contribution in [0.5, 0.6) is 17.2 Å². The maximum absolute atomic E-state index is 12.9. The Hall–Kier alpha value is -4.53. The number of benzene rings is 2. The molecule has 0 spiro atoms. The topological polar surface area (TPSA) is 100 Å². The molecular weight excluding hydrogens is 462 g/mol. The predicted molar refractivity (Wildman–Crippen MR) is 135 cm³/mol. The number of esters is 2. The Morgan fingerprint density at radius 2 is 1.67 bits per heavy atom. The number of nitrogens with one attached hydrogen (secondary N) is 1. The summed E-state index contributed by atoms with van der Waals surface area (Å²) in [6, 6.07) is 17.6. The van der Waals surface area contributed by atoms with Crippen molar-refractivity contribution < 1.29 is 28.5 Å². The van der Waals surface area contributed by atoms with Crippen LogP contribution in [0.1, 0.15) is 23.0 Å². The van der Waals surface area contributed by atoms with Gasteiger partial charge in [0.05, 0.1) is 26.4 Å². The first-order valence-electron chi connectivity index (χ1n) is 11.4. The van der Waals surface area contributed by atoms with E-state index in [4.69, 9.17) is 23.9 Å². The summed E-state index contributed by atoms with van der Waals surface area (Å²) in [4.78, 5) is 29.7. The summed E-state index contributed by atoms with van der Waals surface area (Å²) in [5.41, 5.74) is 3.25. The van der Waals surface area contributed by atoms with Crippen LogP contribution in [-0.4, -0.2) is 48.7 Å². The van der Waals surface area contributed by atoms with Crippen molar-refractivity contribution in [1.82, 2.24) is 9.38 Å². The van der Waals surface area contributed by atoms with E-state index in [0.29, 0.717) is 46.6 Å². The molecule has 0 fully saturated rings. The Morgan fingerprint density at radius 1 is 0.944 bits per heavy atom. The largest absolute Gasteiger partial charge is 0.497 e. The Bertz CT molecular complexity index is 1390. The molecule has 0 radical (unpaired) electrons. The number of carbonyl (C=O) groups is 2. The summed E-state index contributed by atoms with van der Waals surface area (Å²) < 4.78 is 23.1. The molecule has 0 aliphatic carbocycles. The molecule has 186 valence electrons. The number of carbonyl (C=O) groups excluding carboxylic acids is 2. The SMILES string of the molecule is CCOC(=O)CNc1c(-c2cccc(OC(=O)c3cc(OC)cc(OC)c3)c2)nc2cccc(C)n12. The van der Waals surface area contributed by atoms with Gasteiger partial charge in [-0.15, -0.1) is 0 Å². The van der Waals surface area contributed by atoms with Crippen LogP contribution in [0.15, 0.2) is 60.7 Å². The maximum Gasteiger partial charge on any atom is 0.343 e. The molecule has 0 saturated heterocycles. The van der Waals surface area contributed by atoms with E-state index in [0.717, 1.165) is 5.69 Å². The molecule has 1 N–H and O–H groups in total. The van der Waals surface area contributed by atoms with Gasteiger partial charge in [0.1, 0.15) is 41.0 Å². The van der Waals surface area contributed by atoms with Gasteiger partial charge < -0.3 is 24.3 Å². The van der Waals surface area contributed by atoms with Crippen molar-refractivity contribution >= 4 is 23.4 Å². The normalized spacial score (nSPS) is 10.7. The van der Waals surface area contributed by atoms with Gasteiger partial charge in [-0.2, -0.15) is 0 Å². The molecule has 9 nitrogen and oxygen atoms in total. The lowest BCUT2D eigenvalue weighted by Crippen LogP contribution is -2.18. The molecule has 0 aliphatic rings. The number of hydrogen-bond donors (Lipinski definition) is 1. The van der Waals surface area contributed by atoms with Crippen molar-refractivity contribution in [2.75, 3.05) is 32.7 Å². The van der Waals surface area contributed by atoms with E-state index in [9.17, 15) is 9.59 Å². The van der Waals surface area contributed by atoms with E-state index in [2.05, 4.69) is 5.32 Å². The van der Waals surface area contributed by atoms with E-state index >= 15 is 0 Å². The number of nitrogens with zero attached hydrogens (tertiary/aromatic N) is 2. The second-order valence-electron chi connectivity index (χ2n) is 7.85. The van der Waals surface area contributed by atoms with Crippen LogP contribution in [0.2, 0.25) is 0 Å². The first-order chi connectivity index (χ1) is 17.4. The number of imidazole rings is 1. The fourth-order valence-corrected chi connectivity index (χ4v) is 3.78. The van der Waals surface area contributed by atoms with Crippen LogP contribution in [0.25, 0.3) is 16.9 Å². The fraction of sp³-hybridized carbons (Fsp3) is 0.222. The molecule has 9 heteroatoms. The Labute approximate surface area is 208 Å². The van der Waals surface area contributed by atoms with Crippen LogP contribution in [0, 0.1) is 6.92 Å². The molecule has 36 heavy (non-hydrogen) atoms. The fourth-order valence-electron chi connectivity index (χ4n) is 3.78. The number of aromatic nitrogens is 2. The molecule has 4 aromatic rings. The van der Waals surface area contributed by atoms with Gasteiger partial charge >= 0.3 is 11.9 Å². The summed E-state index contributed by atoms with van der Waals surface area (Å²) in [5, 5.41) is 3.16. The first-order valence-corrected chi connectivity index (χ1v) is 11.4. The van der Waals surface area contributed by atoms with E-state index in [1.165, 1.54) is 14.2 Å². The summed E-state index contributed by atoms with van der Waals surface area (Å²) in [6.07, 6.45) is 0. The highest BCUT2D eigenvalue weighted by Crippen LogP contribution is 2.32. The third-order valence-corrected chi connectivity index (χ3v) is 5.45. The third-order valence-electron chi connectivity index (χ3n) is 5.45. The number of rotatable bonds is 9. The van der Waals surface area contributed by atoms with Crippen LogP contribution < -0.4 is 19.5 Å². The summed E-state index contributed by atoms with van der Waals surface area (Å²) in [6.45, 7) is 3.99. The highest BCUT2D eigenvalue weighted by atomic mass is 16.5. The monoisotopic (exact) mass is 489 g/mol. The highest BCUT2D eigenvalue weighted by Gasteiger charge is 2.18. The average Bonchev–Trinajstić information content (AvgIpc) is 3.27. The molecule has 0 bridgehead atoms. The zero-order valence-electron chi connectivity index (χ0n) is 20.5. The predicted octanol–water partition coefficient (Wildman–Crippen LogP) is 4.52. The summed E-state index contributed by atoms with van der Waals surface area (Å²) in [7, 11) is 3.02. The second kappa shape index (κ2) is 10.8. The van der Waals surface area contributed by atoms with Crippen LogP contribution >= 0.6 is 0 Å². The lowest BCUT2D eigenvalue weighted by atomic mass is 10.1. The van der Waals surface area contributed by atoms with E-state index in [1.54, 1.807) is 43.3 Å². The molecule has 0 aliphatic heterocycles. The van der Waals surface area contributed by atoms with Crippen molar-refractivity contribution in [3.63, 3.8) is 0 Å². The average molecular weight is 490 g/mol. The second-order valence-corrected chi connectivity index (χ2v) is 7.85. The molecule has 0 atom stereocenters.